The fraction of sp³-hybridized carbons (Fsp3) is 0.500. The van der Waals surface area contributed by atoms with Crippen LogP contribution in [0.2, 0.25) is 0 Å². The summed E-state index contributed by atoms with van der Waals surface area (Å²) < 4.78 is 0. The molecule has 0 saturated carbocycles. The molecule has 2 atom stereocenters. The largest absolute Gasteiger partial charge is 0.480 e. The van der Waals surface area contributed by atoms with Gasteiger partial charge in [0.1, 0.15) is 5.54 Å². The van der Waals surface area contributed by atoms with Gasteiger partial charge in [-0.25, -0.2) is 4.79 Å². The molecule has 1 aromatic carbocycles. The van der Waals surface area contributed by atoms with Crippen molar-refractivity contribution in [3.05, 3.63) is 30.3 Å². The molecule has 4 nitrogen and oxygen atoms in total. The fourth-order valence-corrected chi connectivity index (χ4v) is 3.04. The number of rotatable bonds is 8. The molecule has 0 aliphatic heterocycles. The van der Waals surface area contributed by atoms with E-state index >= 15 is 0 Å². The van der Waals surface area contributed by atoms with Crippen LogP contribution in [0.3, 0.4) is 0 Å². The van der Waals surface area contributed by atoms with E-state index in [0.717, 1.165) is 4.90 Å². The summed E-state index contributed by atoms with van der Waals surface area (Å²) in [6.45, 7) is 5.40. The predicted molar refractivity (Wildman–Crippen MR) is 85.5 cm³/mol. The number of carbonyl (C=O) groups excluding carboxylic acids is 1. The molecule has 0 bridgehead atoms. The number of amides is 1. The molecule has 1 amide bonds. The van der Waals surface area contributed by atoms with Crippen LogP contribution in [0.1, 0.15) is 40.0 Å². The Balaban J connectivity index is 2.76. The molecule has 116 valence electrons. The predicted octanol–water partition coefficient (Wildman–Crippen LogP) is 3.32. The number of carbonyl (C=O) groups is 2. The first-order valence-corrected chi connectivity index (χ1v) is 8.08. The highest BCUT2D eigenvalue weighted by atomic mass is 32.2. The fourth-order valence-electron chi connectivity index (χ4n) is 2.06. The normalized spacial score (nSPS) is 15.0. The first-order valence-electron chi connectivity index (χ1n) is 7.20. The number of hydrogen-bond acceptors (Lipinski definition) is 3. The average Bonchev–Trinajstić information content (AvgIpc) is 2.45. The van der Waals surface area contributed by atoms with Crippen molar-refractivity contribution in [2.75, 3.05) is 0 Å². The summed E-state index contributed by atoms with van der Waals surface area (Å²) in [4.78, 5) is 24.8. The van der Waals surface area contributed by atoms with Crippen LogP contribution in [0.5, 0.6) is 0 Å². The van der Waals surface area contributed by atoms with Crippen molar-refractivity contribution in [1.82, 2.24) is 5.32 Å². The number of carboxylic acid groups (broad SMARTS) is 1. The van der Waals surface area contributed by atoms with Gasteiger partial charge in [-0.15, -0.1) is 11.8 Å². The van der Waals surface area contributed by atoms with Gasteiger partial charge >= 0.3 is 5.97 Å². The average molecular weight is 309 g/mol. The molecule has 0 aromatic heterocycles. The van der Waals surface area contributed by atoms with Crippen LogP contribution in [0.4, 0.5) is 0 Å². The number of aliphatic carboxylic acids is 1. The maximum absolute atomic E-state index is 12.4. The van der Waals surface area contributed by atoms with Crippen molar-refractivity contribution in [2.45, 2.75) is 55.7 Å². The molecular formula is C16H23NO3S. The molecule has 0 radical (unpaired) electrons. The lowest BCUT2D eigenvalue weighted by molar-refractivity contribution is -0.147. The Kier molecular flexibility index (Phi) is 6.75. The molecule has 1 aromatic rings. The van der Waals surface area contributed by atoms with E-state index in [-0.39, 0.29) is 11.2 Å². The minimum absolute atomic E-state index is 0.218. The van der Waals surface area contributed by atoms with E-state index in [2.05, 4.69) is 5.32 Å². The molecular weight excluding hydrogens is 286 g/mol. The lowest BCUT2D eigenvalue weighted by Gasteiger charge is -2.28. The zero-order valence-electron chi connectivity index (χ0n) is 12.8. The van der Waals surface area contributed by atoms with E-state index in [9.17, 15) is 14.7 Å². The highest BCUT2D eigenvalue weighted by Crippen LogP contribution is 2.26. The second kappa shape index (κ2) is 8.08. The lowest BCUT2D eigenvalue weighted by Crippen LogP contribution is -2.54. The first kappa shape index (κ1) is 17.6. The molecule has 0 spiro atoms. The molecule has 2 N–H and O–H groups in total. The standard InChI is InChI=1S/C16H23NO3S/c1-4-11-16(3,15(19)20)17-14(18)13(5-2)21-12-9-7-6-8-10-12/h6-10,13H,4-5,11H2,1-3H3,(H,17,18)(H,19,20). The van der Waals surface area contributed by atoms with Gasteiger partial charge < -0.3 is 10.4 Å². The lowest BCUT2D eigenvalue weighted by atomic mass is 9.96. The van der Waals surface area contributed by atoms with Crippen molar-refractivity contribution in [1.29, 1.82) is 0 Å². The van der Waals surface area contributed by atoms with Gasteiger partial charge in [0.25, 0.3) is 0 Å². The van der Waals surface area contributed by atoms with Crippen LogP contribution in [-0.4, -0.2) is 27.8 Å². The van der Waals surface area contributed by atoms with E-state index in [4.69, 9.17) is 0 Å². The molecule has 2 unspecified atom stereocenters. The highest BCUT2D eigenvalue weighted by molar-refractivity contribution is 8.00. The van der Waals surface area contributed by atoms with Crippen molar-refractivity contribution in [3.8, 4) is 0 Å². The second-order valence-corrected chi connectivity index (χ2v) is 6.48. The van der Waals surface area contributed by atoms with Crippen LogP contribution in [0.15, 0.2) is 35.2 Å². The summed E-state index contributed by atoms with van der Waals surface area (Å²) in [5, 5.41) is 11.8. The van der Waals surface area contributed by atoms with Crippen LogP contribution >= 0.6 is 11.8 Å². The van der Waals surface area contributed by atoms with E-state index in [1.807, 2.05) is 44.2 Å². The molecule has 21 heavy (non-hydrogen) atoms. The van der Waals surface area contributed by atoms with Crippen LogP contribution < -0.4 is 5.32 Å². The second-order valence-electron chi connectivity index (χ2n) is 5.20. The van der Waals surface area contributed by atoms with Gasteiger partial charge in [-0.05, 0) is 31.9 Å². The molecule has 0 fully saturated rings. The summed E-state index contributed by atoms with van der Waals surface area (Å²) in [6, 6.07) is 9.66. The minimum atomic E-state index is -1.20. The van der Waals surface area contributed by atoms with E-state index in [1.54, 1.807) is 6.92 Å². The maximum Gasteiger partial charge on any atom is 0.329 e. The van der Waals surface area contributed by atoms with Crippen molar-refractivity contribution in [2.24, 2.45) is 0 Å². The van der Waals surface area contributed by atoms with E-state index in [0.29, 0.717) is 19.3 Å². The Hall–Kier alpha value is -1.49. The number of hydrogen-bond donors (Lipinski definition) is 2. The van der Waals surface area contributed by atoms with E-state index < -0.39 is 11.5 Å². The van der Waals surface area contributed by atoms with Gasteiger partial charge in [-0.2, -0.15) is 0 Å². The Bertz CT molecular complexity index is 478. The topological polar surface area (TPSA) is 66.4 Å². The molecule has 0 aliphatic carbocycles. The van der Waals surface area contributed by atoms with Crippen LogP contribution in [0, 0.1) is 0 Å². The molecule has 0 saturated heterocycles. The summed E-state index contributed by atoms with van der Waals surface area (Å²) in [5.41, 5.74) is -1.20. The molecule has 0 aliphatic rings. The number of carboxylic acids is 1. The van der Waals surface area contributed by atoms with Gasteiger partial charge in [0.2, 0.25) is 5.91 Å². The van der Waals surface area contributed by atoms with Gasteiger partial charge in [0.15, 0.2) is 0 Å². The van der Waals surface area contributed by atoms with Gasteiger partial charge in [-0.3, -0.25) is 4.79 Å². The third kappa shape index (κ3) is 5.08. The maximum atomic E-state index is 12.4. The van der Waals surface area contributed by atoms with Crippen LogP contribution in [-0.2, 0) is 9.59 Å². The summed E-state index contributed by atoms with van der Waals surface area (Å²) in [7, 11) is 0. The Labute approximate surface area is 130 Å². The zero-order valence-corrected chi connectivity index (χ0v) is 13.6. The third-order valence-electron chi connectivity index (χ3n) is 3.31. The highest BCUT2D eigenvalue weighted by Gasteiger charge is 2.35. The molecule has 1 rings (SSSR count). The monoisotopic (exact) mass is 309 g/mol. The van der Waals surface area contributed by atoms with Crippen molar-refractivity contribution < 1.29 is 14.7 Å². The van der Waals surface area contributed by atoms with Gasteiger partial charge in [-0.1, -0.05) is 38.5 Å². The number of nitrogens with one attached hydrogen (secondary N) is 1. The first-order chi connectivity index (χ1) is 9.92. The molecule has 5 heteroatoms. The summed E-state index contributed by atoms with van der Waals surface area (Å²) in [6.07, 6.45) is 1.76. The number of benzene rings is 1. The van der Waals surface area contributed by atoms with Crippen molar-refractivity contribution >= 4 is 23.6 Å². The quantitative estimate of drug-likeness (QED) is 0.723. The SMILES string of the molecule is CCCC(C)(NC(=O)C(CC)Sc1ccccc1)C(=O)O. The van der Waals surface area contributed by atoms with Gasteiger partial charge in [0.05, 0.1) is 5.25 Å². The van der Waals surface area contributed by atoms with E-state index in [1.165, 1.54) is 11.8 Å². The number of thioether (sulfide) groups is 1. The summed E-state index contributed by atoms with van der Waals surface area (Å²) >= 11 is 1.46. The summed E-state index contributed by atoms with van der Waals surface area (Å²) in [5.74, 6) is -1.21. The molecule has 0 heterocycles. The Morgan fingerprint density at radius 1 is 1.29 bits per heavy atom. The van der Waals surface area contributed by atoms with Crippen LogP contribution in [0.25, 0.3) is 0 Å². The van der Waals surface area contributed by atoms with Crippen molar-refractivity contribution in [3.63, 3.8) is 0 Å². The Morgan fingerprint density at radius 2 is 1.90 bits per heavy atom. The smallest absolute Gasteiger partial charge is 0.329 e. The zero-order chi connectivity index (χ0) is 15.9. The Morgan fingerprint density at radius 3 is 2.38 bits per heavy atom. The van der Waals surface area contributed by atoms with Gasteiger partial charge in [0, 0.05) is 4.90 Å². The third-order valence-corrected chi connectivity index (χ3v) is 4.68. The minimum Gasteiger partial charge on any atom is -0.480 e.